The normalized spacial score (nSPS) is 20.4. The summed E-state index contributed by atoms with van der Waals surface area (Å²) in [5, 5.41) is 0. The molecule has 100 valence electrons. The van der Waals surface area contributed by atoms with Gasteiger partial charge in [-0.05, 0) is 37.1 Å². The summed E-state index contributed by atoms with van der Waals surface area (Å²) >= 11 is 0. The Kier molecular flexibility index (Phi) is 4.24. The van der Waals surface area contributed by atoms with Gasteiger partial charge in [0.2, 0.25) is 0 Å². The van der Waals surface area contributed by atoms with Crippen molar-refractivity contribution in [3.63, 3.8) is 0 Å². The molecule has 0 aliphatic carbocycles. The third-order valence-corrected chi connectivity index (χ3v) is 5.03. The first kappa shape index (κ1) is 13.4. The molecule has 0 amide bonds. The van der Waals surface area contributed by atoms with E-state index in [-0.39, 0.29) is 0 Å². The van der Waals surface area contributed by atoms with E-state index in [1.807, 2.05) is 18.2 Å². The number of hydrogen-bond acceptors (Lipinski definition) is 4. The van der Waals surface area contributed by atoms with Gasteiger partial charge in [-0.15, -0.1) is 0 Å². The van der Waals surface area contributed by atoms with Gasteiger partial charge in [-0.1, -0.05) is 12.1 Å². The van der Waals surface area contributed by atoms with Crippen LogP contribution < -0.4 is 5.73 Å². The lowest BCUT2D eigenvalue weighted by atomic mass is 10.1. The first-order valence-corrected chi connectivity index (χ1v) is 8.14. The molecule has 0 atom stereocenters. The molecule has 1 aromatic carbocycles. The first-order chi connectivity index (χ1) is 8.55. The van der Waals surface area contributed by atoms with Crippen LogP contribution in [0.25, 0.3) is 0 Å². The topological polar surface area (TPSA) is 63.4 Å². The Balaban J connectivity index is 1.87. The third-order valence-electron chi connectivity index (χ3n) is 3.32. The fourth-order valence-electron chi connectivity index (χ4n) is 2.25. The largest absolute Gasteiger partial charge is 0.399 e. The number of nitrogen functional groups attached to an aromatic ring is 1. The van der Waals surface area contributed by atoms with Gasteiger partial charge in [-0.2, -0.15) is 0 Å². The van der Waals surface area contributed by atoms with Gasteiger partial charge in [-0.3, -0.25) is 0 Å². The van der Waals surface area contributed by atoms with Crippen molar-refractivity contribution in [1.82, 2.24) is 4.90 Å². The van der Waals surface area contributed by atoms with Crippen molar-refractivity contribution in [2.75, 3.05) is 36.9 Å². The van der Waals surface area contributed by atoms with Crippen LogP contribution in [-0.4, -0.2) is 44.5 Å². The van der Waals surface area contributed by atoms with Gasteiger partial charge in [0.05, 0.1) is 11.5 Å². The minimum Gasteiger partial charge on any atom is -0.399 e. The van der Waals surface area contributed by atoms with E-state index < -0.39 is 9.84 Å². The average Bonchev–Trinajstić information content (AvgIpc) is 2.48. The number of benzene rings is 1. The van der Waals surface area contributed by atoms with Crippen molar-refractivity contribution >= 4 is 15.5 Å². The maximum absolute atomic E-state index is 11.5. The van der Waals surface area contributed by atoms with Gasteiger partial charge in [0.25, 0.3) is 0 Å². The maximum Gasteiger partial charge on any atom is 0.151 e. The van der Waals surface area contributed by atoms with E-state index in [4.69, 9.17) is 5.73 Å². The van der Waals surface area contributed by atoms with Crippen LogP contribution in [0.1, 0.15) is 12.0 Å². The highest BCUT2D eigenvalue weighted by molar-refractivity contribution is 7.91. The SMILES string of the molecule is Nc1cccc(CCN2CCCS(=O)(=O)CC2)c1. The number of nitrogens with two attached hydrogens (primary N) is 1. The summed E-state index contributed by atoms with van der Waals surface area (Å²) in [6.07, 6.45) is 1.67. The Morgan fingerprint density at radius 3 is 2.83 bits per heavy atom. The monoisotopic (exact) mass is 268 g/mol. The summed E-state index contributed by atoms with van der Waals surface area (Å²) in [5.74, 6) is 0.631. The van der Waals surface area contributed by atoms with E-state index in [0.717, 1.165) is 31.6 Å². The zero-order valence-corrected chi connectivity index (χ0v) is 11.3. The molecule has 0 spiro atoms. The van der Waals surface area contributed by atoms with Gasteiger partial charge < -0.3 is 10.6 Å². The molecule has 1 aliphatic heterocycles. The molecule has 1 heterocycles. The number of sulfone groups is 1. The van der Waals surface area contributed by atoms with Crippen molar-refractivity contribution < 1.29 is 8.42 Å². The van der Waals surface area contributed by atoms with E-state index in [9.17, 15) is 8.42 Å². The molecule has 4 nitrogen and oxygen atoms in total. The number of anilines is 1. The van der Waals surface area contributed by atoms with E-state index in [0.29, 0.717) is 18.1 Å². The molecule has 1 aromatic rings. The second-order valence-electron chi connectivity index (χ2n) is 4.84. The summed E-state index contributed by atoms with van der Waals surface area (Å²) < 4.78 is 23.0. The summed E-state index contributed by atoms with van der Waals surface area (Å²) in [6.45, 7) is 2.44. The van der Waals surface area contributed by atoms with Crippen LogP contribution in [-0.2, 0) is 16.3 Å². The Morgan fingerprint density at radius 2 is 2.06 bits per heavy atom. The number of hydrogen-bond donors (Lipinski definition) is 1. The molecular formula is C13H20N2O2S. The summed E-state index contributed by atoms with van der Waals surface area (Å²) in [5.41, 5.74) is 7.73. The molecule has 1 aliphatic rings. The second kappa shape index (κ2) is 5.71. The van der Waals surface area contributed by atoms with Gasteiger partial charge in [-0.25, -0.2) is 8.42 Å². The fourth-order valence-corrected chi connectivity index (χ4v) is 3.56. The Labute approximate surface area is 109 Å². The lowest BCUT2D eigenvalue weighted by molar-refractivity contribution is 0.299. The molecule has 2 N–H and O–H groups in total. The van der Waals surface area contributed by atoms with Crippen molar-refractivity contribution in [1.29, 1.82) is 0 Å². The van der Waals surface area contributed by atoms with Gasteiger partial charge in [0.1, 0.15) is 0 Å². The molecule has 1 fully saturated rings. The highest BCUT2D eigenvalue weighted by Crippen LogP contribution is 2.10. The number of nitrogens with zero attached hydrogens (tertiary/aromatic N) is 1. The van der Waals surface area contributed by atoms with Crippen LogP contribution in [0.2, 0.25) is 0 Å². The Hall–Kier alpha value is -1.07. The van der Waals surface area contributed by atoms with Crippen LogP contribution in [0, 0.1) is 0 Å². The number of rotatable bonds is 3. The smallest absolute Gasteiger partial charge is 0.151 e. The zero-order valence-electron chi connectivity index (χ0n) is 10.5. The fraction of sp³-hybridized carbons (Fsp3) is 0.538. The molecule has 5 heteroatoms. The van der Waals surface area contributed by atoms with Crippen LogP contribution in [0.15, 0.2) is 24.3 Å². The molecule has 0 saturated carbocycles. The predicted octanol–water partition coefficient (Wildman–Crippen LogP) is 0.932. The molecule has 0 unspecified atom stereocenters. The minimum atomic E-state index is -2.80. The first-order valence-electron chi connectivity index (χ1n) is 6.32. The van der Waals surface area contributed by atoms with Crippen LogP contribution in [0.4, 0.5) is 5.69 Å². The molecule has 1 saturated heterocycles. The van der Waals surface area contributed by atoms with Crippen molar-refractivity contribution in [2.24, 2.45) is 0 Å². The lowest BCUT2D eigenvalue weighted by Crippen LogP contribution is -2.29. The standard InChI is InChI=1S/C13H20N2O2S/c14-13-4-1-3-12(11-13)5-7-15-6-2-9-18(16,17)10-8-15/h1,3-4,11H,2,5-10,14H2. The average molecular weight is 268 g/mol. The zero-order chi connectivity index (χ0) is 13.0. The van der Waals surface area contributed by atoms with Crippen LogP contribution in [0.5, 0.6) is 0 Å². The predicted molar refractivity (Wildman–Crippen MR) is 74.3 cm³/mol. The molecule has 0 bridgehead atoms. The van der Waals surface area contributed by atoms with Crippen molar-refractivity contribution in [3.05, 3.63) is 29.8 Å². The molecule has 18 heavy (non-hydrogen) atoms. The van der Waals surface area contributed by atoms with E-state index in [2.05, 4.69) is 11.0 Å². The van der Waals surface area contributed by atoms with Gasteiger partial charge in [0, 0.05) is 18.8 Å². The van der Waals surface area contributed by atoms with E-state index in [1.165, 1.54) is 5.56 Å². The Morgan fingerprint density at radius 1 is 1.22 bits per heavy atom. The van der Waals surface area contributed by atoms with E-state index >= 15 is 0 Å². The summed E-state index contributed by atoms with van der Waals surface area (Å²) in [4.78, 5) is 2.23. The Bertz CT molecular complexity index is 499. The van der Waals surface area contributed by atoms with Crippen LogP contribution >= 0.6 is 0 Å². The van der Waals surface area contributed by atoms with E-state index in [1.54, 1.807) is 0 Å². The maximum atomic E-state index is 11.5. The van der Waals surface area contributed by atoms with Crippen LogP contribution in [0.3, 0.4) is 0 Å². The molecule has 0 aromatic heterocycles. The highest BCUT2D eigenvalue weighted by Gasteiger charge is 2.18. The van der Waals surface area contributed by atoms with Crippen molar-refractivity contribution in [3.8, 4) is 0 Å². The quantitative estimate of drug-likeness (QED) is 0.828. The molecule has 2 rings (SSSR count). The third kappa shape index (κ3) is 3.99. The van der Waals surface area contributed by atoms with Crippen molar-refractivity contribution in [2.45, 2.75) is 12.8 Å². The summed E-state index contributed by atoms with van der Waals surface area (Å²) in [7, 11) is -2.80. The molecule has 0 radical (unpaired) electrons. The summed E-state index contributed by atoms with van der Waals surface area (Å²) in [6, 6.07) is 7.87. The molecular weight excluding hydrogens is 248 g/mol. The van der Waals surface area contributed by atoms with Gasteiger partial charge >= 0.3 is 0 Å². The highest BCUT2D eigenvalue weighted by atomic mass is 32.2. The second-order valence-corrected chi connectivity index (χ2v) is 7.15. The van der Waals surface area contributed by atoms with Gasteiger partial charge in [0.15, 0.2) is 9.84 Å². The lowest BCUT2D eigenvalue weighted by Gasteiger charge is -2.18. The minimum absolute atomic E-state index is 0.296.